The molecule has 0 unspecified atom stereocenters. The quantitative estimate of drug-likeness (QED) is 0.258. The Labute approximate surface area is 248 Å². The highest BCUT2D eigenvalue weighted by Gasteiger charge is 2.44. The lowest BCUT2D eigenvalue weighted by molar-refractivity contribution is -0.169. The van der Waals surface area contributed by atoms with E-state index in [1.54, 1.807) is 13.0 Å². The monoisotopic (exact) mass is 616 g/mol. The summed E-state index contributed by atoms with van der Waals surface area (Å²) in [7, 11) is 0. The van der Waals surface area contributed by atoms with Gasteiger partial charge in [0.05, 0.1) is 16.9 Å². The van der Waals surface area contributed by atoms with Crippen LogP contribution >= 0.6 is 0 Å². The van der Waals surface area contributed by atoms with Crippen LogP contribution in [-0.2, 0) is 17.5 Å². The van der Waals surface area contributed by atoms with Crippen LogP contribution in [0.2, 0.25) is 0 Å². The number of amides is 1. The van der Waals surface area contributed by atoms with Gasteiger partial charge in [-0.3, -0.25) is 14.6 Å². The van der Waals surface area contributed by atoms with E-state index in [2.05, 4.69) is 30.6 Å². The summed E-state index contributed by atoms with van der Waals surface area (Å²) in [4.78, 5) is 31.2. The number of aromatic nitrogens is 4. The van der Waals surface area contributed by atoms with E-state index in [1.807, 2.05) is 4.90 Å². The number of carbonyl (C=O) groups excluding carboxylic acids is 1. The number of benzene rings is 2. The van der Waals surface area contributed by atoms with Crippen LogP contribution in [0.4, 0.5) is 49.4 Å². The number of alkyl halides is 6. The van der Waals surface area contributed by atoms with Gasteiger partial charge in [-0.1, -0.05) is 12.1 Å². The fourth-order valence-corrected chi connectivity index (χ4v) is 4.74. The molecule has 0 atom stereocenters. The van der Waals surface area contributed by atoms with E-state index in [1.165, 1.54) is 43.1 Å². The Morgan fingerprint density at radius 3 is 2.34 bits per heavy atom. The fourth-order valence-electron chi connectivity index (χ4n) is 4.74. The van der Waals surface area contributed by atoms with Gasteiger partial charge in [-0.2, -0.15) is 26.3 Å². The molecule has 9 nitrogen and oxygen atoms in total. The predicted octanol–water partition coefficient (Wildman–Crippen LogP) is 5.64. The van der Waals surface area contributed by atoms with Crippen molar-refractivity contribution in [2.75, 3.05) is 36.4 Å². The average Bonchev–Trinajstić information content (AvgIpc) is 2.99. The minimum atomic E-state index is -5.38. The maximum atomic E-state index is 14.2. The van der Waals surface area contributed by atoms with Crippen LogP contribution < -0.4 is 15.5 Å². The van der Waals surface area contributed by atoms with Crippen LogP contribution in [0.5, 0.6) is 0 Å². The summed E-state index contributed by atoms with van der Waals surface area (Å²) in [6, 6.07) is 8.30. The molecule has 2 aromatic heterocycles. The number of carbonyl (C=O) groups is 1. The molecule has 1 aliphatic rings. The van der Waals surface area contributed by atoms with E-state index in [0.717, 1.165) is 12.1 Å². The number of nitrogens with zero attached hydrogens (tertiary/aromatic N) is 6. The van der Waals surface area contributed by atoms with Crippen molar-refractivity contribution >= 4 is 28.9 Å². The molecule has 230 valence electrons. The third kappa shape index (κ3) is 7.11. The van der Waals surface area contributed by atoms with Gasteiger partial charge in [0, 0.05) is 68.3 Å². The Morgan fingerprint density at radius 2 is 1.66 bits per heavy atom. The zero-order valence-corrected chi connectivity index (χ0v) is 23.2. The predicted molar refractivity (Wildman–Crippen MR) is 150 cm³/mol. The third-order valence-electron chi connectivity index (χ3n) is 6.94. The topological polar surface area (TPSA) is 99.2 Å². The summed E-state index contributed by atoms with van der Waals surface area (Å²) in [6.07, 6.45) is -4.38. The molecule has 1 fully saturated rings. The minimum absolute atomic E-state index is 0.0449. The highest BCUT2D eigenvalue weighted by Crippen LogP contribution is 2.39. The molecule has 3 heterocycles. The number of hydrogen-bond donors (Lipinski definition) is 2. The third-order valence-corrected chi connectivity index (χ3v) is 6.94. The molecule has 0 radical (unpaired) electrons. The molecule has 0 bridgehead atoms. The lowest BCUT2D eigenvalue weighted by Gasteiger charge is -2.29. The van der Waals surface area contributed by atoms with Gasteiger partial charge in [0.1, 0.15) is 6.33 Å². The zero-order valence-electron chi connectivity index (χ0n) is 23.2. The van der Waals surface area contributed by atoms with Crippen molar-refractivity contribution in [1.82, 2.24) is 30.2 Å². The zero-order chi connectivity index (χ0) is 31.5. The summed E-state index contributed by atoms with van der Waals surface area (Å²) in [5.74, 6) is -2.27. The Morgan fingerprint density at radius 1 is 0.977 bits per heavy atom. The van der Waals surface area contributed by atoms with E-state index >= 15 is 0 Å². The molecule has 5 rings (SSSR count). The Bertz CT molecular complexity index is 1620. The van der Waals surface area contributed by atoms with Crippen molar-refractivity contribution in [2.24, 2.45) is 0 Å². The van der Waals surface area contributed by atoms with Crippen molar-refractivity contribution in [1.29, 1.82) is 0 Å². The first-order valence-corrected chi connectivity index (χ1v) is 13.4. The molecule has 4 aromatic rings. The minimum Gasteiger partial charge on any atom is -0.324 e. The lowest BCUT2D eigenvalue weighted by Crippen LogP contribution is -2.43. The van der Waals surface area contributed by atoms with Crippen molar-refractivity contribution in [3.05, 3.63) is 84.1 Å². The fraction of sp³-hybridized carbons (Fsp3) is 0.276. The van der Waals surface area contributed by atoms with E-state index in [0.29, 0.717) is 49.1 Å². The summed E-state index contributed by atoms with van der Waals surface area (Å²) < 4.78 is 84.2. The van der Waals surface area contributed by atoms with Crippen molar-refractivity contribution in [3.8, 4) is 11.3 Å². The largest absolute Gasteiger partial charge is 0.472 e. The Balaban J connectivity index is 1.53. The van der Waals surface area contributed by atoms with Gasteiger partial charge in [0.2, 0.25) is 5.95 Å². The second-order valence-electron chi connectivity index (χ2n) is 10.0. The van der Waals surface area contributed by atoms with Crippen LogP contribution in [0.15, 0.2) is 67.4 Å². The number of anilines is 4. The van der Waals surface area contributed by atoms with E-state index in [9.17, 15) is 31.1 Å². The first-order chi connectivity index (χ1) is 20.9. The molecule has 1 aliphatic heterocycles. The highest BCUT2D eigenvalue weighted by molar-refractivity contribution is 6.04. The Hall–Kier alpha value is -4.63. The number of aryl methyl sites for hydroxylation is 1. The smallest absolute Gasteiger partial charge is 0.324 e. The normalized spacial score (nSPS) is 14.3. The number of rotatable bonds is 7. The SMILES string of the molecule is Cc1ccc(N(C(=O)C(F)(F)F)c2ccc(CN3CCNCC3)c(C(F)(F)F)c2)cc1Nc1nccc(-c2cncnc2)n1. The highest BCUT2D eigenvalue weighted by atomic mass is 19.4. The molecule has 2 aromatic carbocycles. The summed E-state index contributed by atoms with van der Waals surface area (Å²) >= 11 is 0. The molecular formula is C29H26F6N8O. The van der Waals surface area contributed by atoms with E-state index < -0.39 is 29.5 Å². The second-order valence-corrected chi connectivity index (χ2v) is 10.0. The van der Waals surface area contributed by atoms with Crippen LogP contribution in [0.3, 0.4) is 0 Å². The van der Waals surface area contributed by atoms with Gasteiger partial charge in [-0.05, 0) is 48.4 Å². The molecule has 1 amide bonds. The van der Waals surface area contributed by atoms with Crippen LogP contribution in [-0.4, -0.2) is 63.1 Å². The molecule has 15 heteroatoms. The summed E-state index contributed by atoms with van der Waals surface area (Å²) in [5, 5.41) is 6.04. The molecule has 2 N–H and O–H groups in total. The van der Waals surface area contributed by atoms with Crippen LogP contribution in [0.25, 0.3) is 11.3 Å². The van der Waals surface area contributed by atoms with E-state index in [4.69, 9.17) is 0 Å². The van der Waals surface area contributed by atoms with Crippen molar-refractivity contribution in [2.45, 2.75) is 25.8 Å². The van der Waals surface area contributed by atoms with Gasteiger partial charge < -0.3 is 10.6 Å². The maximum absolute atomic E-state index is 14.2. The lowest BCUT2D eigenvalue weighted by atomic mass is 10.0. The van der Waals surface area contributed by atoms with Crippen LogP contribution in [0.1, 0.15) is 16.7 Å². The standard InChI is InChI=1S/C29H26F6N8O/c1-18-2-4-22(13-25(18)41-27-39-7-6-24(40-27)20-14-37-17-38-15-20)43(26(44)29(33,34)35)21-5-3-19(23(12-21)28(30,31)32)16-42-10-8-36-9-11-42/h2-7,12-15,17,36H,8-11,16H2,1H3,(H,39,40,41). The molecular weight excluding hydrogens is 590 g/mol. The Kier molecular flexibility index (Phi) is 8.78. The second kappa shape index (κ2) is 12.5. The van der Waals surface area contributed by atoms with Crippen LogP contribution in [0, 0.1) is 6.92 Å². The molecule has 0 saturated carbocycles. The summed E-state index contributed by atoms with van der Waals surface area (Å²) in [5.41, 5.74) is -0.277. The molecule has 1 saturated heterocycles. The average molecular weight is 617 g/mol. The number of halogens is 6. The molecule has 44 heavy (non-hydrogen) atoms. The van der Waals surface area contributed by atoms with Gasteiger partial charge in [0.15, 0.2) is 0 Å². The van der Waals surface area contributed by atoms with Gasteiger partial charge >= 0.3 is 18.3 Å². The maximum Gasteiger partial charge on any atom is 0.472 e. The summed E-state index contributed by atoms with van der Waals surface area (Å²) in [6.45, 7) is 3.85. The number of nitrogens with one attached hydrogen (secondary N) is 2. The van der Waals surface area contributed by atoms with Crippen molar-refractivity contribution in [3.63, 3.8) is 0 Å². The van der Waals surface area contributed by atoms with E-state index in [-0.39, 0.29) is 34.3 Å². The number of hydrogen-bond acceptors (Lipinski definition) is 8. The first kappa shape index (κ1) is 30.8. The molecule has 0 spiro atoms. The first-order valence-electron chi connectivity index (χ1n) is 13.4. The number of piperazine rings is 1. The van der Waals surface area contributed by atoms with Crippen molar-refractivity contribution < 1.29 is 31.1 Å². The van der Waals surface area contributed by atoms with Gasteiger partial charge in [0.25, 0.3) is 0 Å². The molecule has 0 aliphatic carbocycles. The van der Waals surface area contributed by atoms with Gasteiger partial charge in [-0.15, -0.1) is 0 Å². The van der Waals surface area contributed by atoms with Gasteiger partial charge in [-0.25, -0.2) is 19.9 Å².